The van der Waals surface area contributed by atoms with E-state index in [1.165, 1.54) is 0 Å². The van der Waals surface area contributed by atoms with Crippen molar-refractivity contribution in [3.05, 3.63) is 101 Å². The summed E-state index contributed by atoms with van der Waals surface area (Å²) < 4.78 is 56.8. The molecule has 20 heteroatoms. The summed E-state index contributed by atoms with van der Waals surface area (Å²) in [6.07, 6.45) is 0.604. The number of fused-ring (bicyclic) bond motifs is 3. The molecule has 1 atom stereocenters. The summed E-state index contributed by atoms with van der Waals surface area (Å²) in [5, 5.41) is 22.8. The number of carboxylic acid groups (broad SMARTS) is 1. The zero-order chi connectivity index (χ0) is 45.7. The molecule has 0 bridgehead atoms. The van der Waals surface area contributed by atoms with Crippen LogP contribution in [0.1, 0.15) is 35.0 Å². The number of aromatic nitrogens is 3. The standard InChI is InChI=1S/C45H59ClN6O13/c1-56-32-34-2-11-41-39(30-34)43(35-3-5-36(46)6-4-35)50-40(44-51-48-33-52(41)44)31-42(53)49-37-7-9-38(10-8-37)65-29-28-64-27-26-63-25-24-62-23-22-61-21-20-60-19-18-59-17-16-58-15-14-57-13-12-47-45(54)55/h2-11,30,33,40,47H,12-29,31-32H2,1H3,(H,49,53)(H,54,55)/t40-/m0/s1. The second kappa shape index (κ2) is 30.2. The van der Waals surface area contributed by atoms with Crippen LogP contribution in [0, 0.1) is 0 Å². The number of carbonyl (C=O) groups is 2. The normalized spacial score (nSPS) is 13.1. The Morgan fingerprint density at radius 3 is 1.77 bits per heavy atom. The highest BCUT2D eigenvalue weighted by molar-refractivity contribution is 6.30. The first kappa shape index (κ1) is 50.9. The van der Waals surface area contributed by atoms with Crippen molar-refractivity contribution < 1.29 is 62.1 Å². The molecule has 0 saturated heterocycles. The third kappa shape index (κ3) is 19.1. The molecule has 0 spiro atoms. The molecule has 19 nitrogen and oxygen atoms in total. The van der Waals surface area contributed by atoms with Gasteiger partial charge in [-0.05, 0) is 54.1 Å². The lowest BCUT2D eigenvalue weighted by molar-refractivity contribution is -0.116. The monoisotopic (exact) mass is 926 g/mol. The smallest absolute Gasteiger partial charge is 0.404 e. The van der Waals surface area contributed by atoms with Crippen LogP contribution in [-0.4, -0.2) is 164 Å². The minimum Gasteiger partial charge on any atom is -0.491 e. The van der Waals surface area contributed by atoms with E-state index < -0.39 is 12.1 Å². The van der Waals surface area contributed by atoms with Gasteiger partial charge in [-0.1, -0.05) is 29.8 Å². The molecule has 3 N–H and O–H groups in total. The summed E-state index contributed by atoms with van der Waals surface area (Å²) in [4.78, 5) is 28.9. The number of amides is 2. The van der Waals surface area contributed by atoms with Crippen LogP contribution in [0.25, 0.3) is 5.69 Å². The van der Waals surface area contributed by atoms with Gasteiger partial charge in [0.2, 0.25) is 5.91 Å². The Morgan fingerprint density at radius 2 is 1.23 bits per heavy atom. The average molecular weight is 927 g/mol. The quantitative estimate of drug-likeness (QED) is 0.0539. The molecule has 65 heavy (non-hydrogen) atoms. The molecular formula is C45H59ClN6O13. The Morgan fingerprint density at radius 1 is 0.692 bits per heavy atom. The molecule has 0 fully saturated rings. The molecule has 3 aromatic carbocycles. The molecule has 4 aromatic rings. The molecule has 0 radical (unpaired) electrons. The zero-order valence-electron chi connectivity index (χ0n) is 36.7. The van der Waals surface area contributed by atoms with Gasteiger partial charge in [0.05, 0.1) is 130 Å². The first-order valence-corrected chi connectivity index (χ1v) is 21.8. The lowest BCUT2D eigenvalue weighted by atomic mass is 9.98. The predicted molar refractivity (Wildman–Crippen MR) is 240 cm³/mol. The second-order valence-corrected chi connectivity index (χ2v) is 14.5. The van der Waals surface area contributed by atoms with E-state index in [1.807, 2.05) is 47.0 Å². The van der Waals surface area contributed by atoms with Crippen molar-refractivity contribution in [2.45, 2.75) is 19.1 Å². The third-order valence-corrected chi connectivity index (χ3v) is 9.55. The minimum atomic E-state index is -1.07. The van der Waals surface area contributed by atoms with Crippen LogP contribution >= 0.6 is 11.6 Å². The van der Waals surface area contributed by atoms with Gasteiger partial charge in [0.1, 0.15) is 24.7 Å². The maximum Gasteiger partial charge on any atom is 0.404 e. The summed E-state index contributed by atoms with van der Waals surface area (Å²) in [6, 6.07) is 20.0. The van der Waals surface area contributed by atoms with E-state index in [2.05, 4.69) is 20.8 Å². The van der Waals surface area contributed by atoms with Gasteiger partial charge < -0.3 is 63.1 Å². The van der Waals surface area contributed by atoms with Crippen molar-refractivity contribution in [1.82, 2.24) is 20.1 Å². The molecule has 0 saturated carbocycles. The number of ether oxygens (including phenoxy) is 10. The number of anilines is 1. The first-order valence-electron chi connectivity index (χ1n) is 21.4. The molecule has 0 aliphatic carbocycles. The highest BCUT2D eigenvalue weighted by Gasteiger charge is 2.28. The summed E-state index contributed by atoms with van der Waals surface area (Å²) in [5.41, 5.74) is 4.89. The van der Waals surface area contributed by atoms with E-state index in [-0.39, 0.29) is 18.9 Å². The van der Waals surface area contributed by atoms with E-state index in [4.69, 9.17) is 69.1 Å². The number of rotatable bonds is 34. The van der Waals surface area contributed by atoms with Crippen molar-refractivity contribution >= 4 is 35.0 Å². The summed E-state index contributed by atoms with van der Waals surface area (Å²) >= 11 is 6.23. The second-order valence-electron chi connectivity index (χ2n) is 14.1. The number of methoxy groups -OCH3 is 1. The number of nitrogens with zero attached hydrogens (tertiary/aromatic N) is 4. The van der Waals surface area contributed by atoms with Crippen LogP contribution in [0.4, 0.5) is 10.5 Å². The Hall–Kier alpha value is -5.06. The van der Waals surface area contributed by atoms with Crippen LogP contribution in [-0.2, 0) is 54.0 Å². The minimum absolute atomic E-state index is 0.0323. The molecule has 354 valence electrons. The highest BCUT2D eigenvalue weighted by atomic mass is 35.5. The molecule has 1 aliphatic rings. The largest absolute Gasteiger partial charge is 0.491 e. The SMILES string of the molecule is COCc1ccc2c(c1)C(c1ccc(Cl)cc1)=N[C@@H](CC(=O)Nc1ccc(OCCOCCOCCOCCOCCOCCOCCOCCOCCNC(=O)O)cc1)c1nncn1-2. The first-order chi connectivity index (χ1) is 31.9. The van der Waals surface area contributed by atoms with E-state index in [0.717, 1.165) is 22.4 Å². The van der Waals surface area contributed by atoms with Crippen molar-refractivity contribution in [2.75, 3.05) is 131 Å². The van der Waals surface area contributed by atoms with Crippen LogP contribution in [0.15, 0.2) is 78.0 Å². The van der Waals surface area contributed by atoms with Crippen molar-refractivity contribution in [1.29, 1.82) is 0 Å². The van der Waals surface area contributed by atoms with Gasteiger partial charge in [0.25, 0.3) is 0 Å². The lowest BCUT2D eigenvalue weighted by Crippen LogP contribution is -2.25. The predicted octanol–water partition coefficient (Wildman–Crippen LogP) is 4.77. The molecule has 0 unspecified atom stereocenters. The molecule has 2 heterocycles. The van der Waals surface area contributed by atoms with Gasteiger partial charge in [0.15, 0.2) is 5.82 Å². The van der Waals surface area contributed by atoms with E-state index in [0.29, 0.717) is 147 Å². The van der Waals surface area contributed by atoms with Crippen LogP contribution in [0.3, 0.4) is 0 Å². The average Bonchev–Trinajstić information content (AvgIpc) is 3.75. The van der Waals surface area contributed by atoms with Gasteiger partial charge in [-0.2, -0.15) is 0 Å². The number of aliphatic imine (C=N–C) groups is 1. The molecule has 2 amide bonds. The van der Waals surface area contributed by atoms with Gasteiger partial charge in [-0.25, -0.2) is 4.79 Å². The lowest BCUT2D eigenvalue weighted by Gasteiger charge is -2.13. The number of carbonyl (C=O) groups excluding carboxylic acids is 1. The number of hydrogen-bond donors (Lipinski definition) is 3. The number of hydrogen-bond acceptors (Lipinski definition) is 15. The zero-order valence-corrected chi connectivity index (χ0v) is 37.4. The van der Waals surface area contributed by atoms with Gasteiger partial charge in [-0.15, -0.1) is 10.2 Å². The van der Waals surface area contributed by atoms with Crippen molar-refractivity contribution in [2.24, 2.45) is 4.99 Å². The fourth-order valence-corrected chi connectivity index (χ4v) is 6.39. The molecule has 1 aliphatic heterocycles. The van der Waals surface area contributed by atoms with Gasteiger partial charge in [0, 0.05) is 35.5 Å². The van der Waals surface area contributed by atoms with Gasteiger partial charge in [-0.3, -0.25) is 14.4 Å². The summed E-state index contributed by atoms with van der Waals surface area (Å²) in [5.74, 6) is 0.968. The summed E-state index contributed by atoms with van der Waals surface area (Å²) in [7, 11) is 1.65. The number of halogens is 1. The Labute approximate surface area is 383 Å². The van der Waals surface area contributed by atoms with E-state index in [1.54, 1.807) is 37.7 Å². The van der Waals surface area contributed by atoms with E-state index in [9.17, 15) is 9.59 Å². The number of nitrogens with one attached hydrogen (secondary N) is 2. The number of benzene rings is 3. The Kier molecular flexibility index (Phi) is 23.7. The highest BCUT2D eigenvalue weighted by Crippen LogP contribution is 2.33. The Bertz CT molecular complexity index is 2010. The third-order valence-electron chi connectivity index (χ3n) is 9.30. The maximum atomic E-state index is 13.5. The van der Waals surface area contributed by atoms with Crippen LogP contribution in [0.2, 0.25) is 5.02 Å². The van der Waals surface area contributed by atoms with Crippen molar-refractivity contribution in [3.63, 3.8) is 0 Å². The Balaban J connectivity index is 0.861. The molecule has 5 rings (SSSR count). The topological polar surface area (TPSA) is 214 Å². The van der Waals surface area contributed by atoms with Crippen molar-refractivity contribution in [3.8, 4) is 11.4 Å². The van der Waals surface area contributed by atoms with Gasteiger partial charge >= 0.3 is 6.09 Å². The molecule has 1 aromatic heterocycles. The molecular weight excluding hydrogens is 868 g/mol. The van der Waals surface area contributed by atoms with E-state index >= 15 is 0 Å². The van der Waals surface area contributed by atoms with Crippen LogP contribution < -0.4 is 15.4 Å². The fraction of sp³-hybridized carbons (Fsp3) is 0.489. The summed E-state index contributed by atoms with van der Waals surface area (Å²) in [6.45, 7) is 7.91. The maximum absolute atomic E-state index is 13.5. The fourth-order valence-electron chi connectivity index (χ4n) is 6.27. The van der Waals surface area contributed by atoms with Crippen LogP contribution in [0.5, 0.6) is 5.75 Å².